The molecule has 7 heteroatoms. The van der Waals surface area contributed by atoms with E-state index in [1.165, 1.54) is 6.92 Å². The number of carbonyl (C=O) groups excluding carboxylic acids is 4. The van der Waals surface area contributed by atoms with Crippen molar-refractivity contribution in [2.45, 2.75) is 24.9 Å². The summed E-state index contributed by atoms with van der Waals surface area (Å²) in [6, 6.07) is 26.3. The summed E-state index contributed by atoms with van der Waals surface area (Å²) in [4.78, 5) is 57.4. The minimum absolute atomic E-state index is 0.266. The molecule has 2 heterocycles. The number of hydrogen-bond donors (Lipinski definition) is 0. The second-order valence-corrected chi connectivity index (χ2v) is 11.2. The van der Waals surface area contributed by atoms with Gasteiger partial charge in [-0.2, -0.15) is 0 Å². The molecule has 0 saturated carbocycles. The highest BCUT2D eigenvalue weighted by Crippen LogP contribution is 2.61. The van der Waals surface area contributed by atoms with E-state index in [2.05, 4.69) is 0 Å². The van der Waals surface area contributed by atoms with Gasteiger partial charge in [0.25, 0.3) is 0 Å². The first kappa shape index (κ1) is 26.1. The van der Waals surface area contributed by atoms with Gasteiger partial charge >= 0.3 is 5.97 Å². The number of anilines is 1. The van der Waals surface area contributed by atoms with Crippen molar-refractivity contribution in [3.05, 3.63) is 136 Å². The lowest BCUT2D eigenvalue weighted by molar-refractivity contribution is -0.131. The van der Waals surface area contributed by atoms with Crippen molar-refractivity contribution in [1.29, 1.82) is 0 Å². The van der Waals surface area contributed by atoms with Gasteiger partial charge in [0.05, 0.1) is 6.04 Å². The molecule has 3 atom stereocenters. The van der Waals surface area contributed by atoms with E-state index >= 15 is 0 Å². The summed E-state index contributed by atoms with van der Waals surface area (Å²) < 4.78 is 5.18. The lowest BCUT2D eigenvalue weighted by Crippen LogP contribution is -2.48. The van der Waals surface area contributed by atoms with Crippen LogP contribution in [0, 0.1) is 5.41 Å². The maximum atomic E-state index is 14.7. The molecule has 1 aliphatic carbocycles. The molecule has 2 aliphatic heterocycles. The number of nitrogens with zero attached hydrogens (tertiary/aromatic N) is 1. The van der Waals surface area contributed by atoms with E-state index in [1.54, 1.807) is 66.7 Å². The zero-order valence-electron chi connectivity index (χ0n) is 22.5. The molecule has 0 unspecified atom stereocenters. The third-order valence-corrected chi connectivity index (χ3v) is 8.82. The Morgan fingerprint density at radius 3 is 2.17 bits per heavy atom. The highest BCUT2D eigenvalue weighted by Gasteiger charge is 2.71. The Morgan fingerprint density at radius 1 is 0.833 bits per heavy atom. The molecule has 0 N–H and O–H groups in total. The topological polar surface area (TPSA) is 80.8 Å². The predicted octanol–water partition coefficient (Wildman–Crippen LogP) is 6.58. The quantitative estimate of drug-likeness (QED) is 0.119. The summed E-state index contributed by atoms with van der Waals surface area (Å²) in [5.74, 6) is -1.87. The van der Waals surface area contributed by atoms with E-state index in [0.717, 1.165) is 11.3 Å². The van der Waals surface area contributed by atoms with Crippen LogP contribution in [0.2, 0.25) is 5.02 Å². The smallest absolute Gasteiger partial charge is 0.308 e. The normalized spacial score (nSPS) is 21.2. The summed E-state index contributed by atoms with van der Waals surface area (Å²) in [6.45, 7) is 1.31. The van der Waals surface area contributed by atoms with Crippen molar-refractivity contribution in [3.63, 3.8) is 0 Å². The SMILES string of the molecule is CC(=O)Oc1ccc(C(=O)[C@H]2[C@H](c3cccc(Cl)c3)C3(C(=O)c4ccccc4C3=O)[C@@H]3C=Cc4ccccc4N32)cc1. The average molecular weight is 574 g/mol. The number of halogens is 1. The van der Waals surface area contributed by atoms with Crippen molar-refractivity contribution in [2.75, 3.05) is 4.90 Å². The lowest BCUT2D eigenvalue weighted by Gasteiger charge is -2.37. The first-order valence-corrected chi connectivity index (χ1v) is 14.0. The molecule has 4 aromatic carbocycles. The Labute approximate surface area is 247 Å². The molecule has 0 amide bonds. The van der Waals surface area contributed by atoms with Crippen LogP contribution in [0.5, 0.6) is 5.75 Å². The number of carbonyl (C=O) groups is 4. The second kappa shape index (κ2) is 9.64. The monoisotopic (exact) mass is 573 g/mol. The number of fused-ring (bicyclic) bond motifs is 5. The number of hydrogen-bond acceptors (Lipinski definition) is 6. The van der Waals surface area contributed by atoms with Gasteiger partial charge in [0.15, 0.2) is 17.3 Å². The zero-order chi connectivity index (χ0) is 29.2. The fourth-order valence-corrected chi connectivity index (χ4v) is 7.21. The number of Topliss-reactive ketones (excluding diaryl/α,β-unsaturated/α-hetero) is 3. The number of esters is 1. The van der Waals surface area contributed by atoms with Crippen LogP contribution < -0.4 is 9.64 Å². The van der Waals surface area contributed by atoms with Gasteiger partial charge in [-0.1, -0.05) is 78.4 Å². The molecular weight excluding hydrogens is 550 g/mol. The molecule has 206 valence electrons. The summed E-state index contributed by atoms with van der Waals surface area (Å²) in [5, 5.41) is 0.441. The zero-order valence-corrected chi connectivity index (χ0v) is 23.2. The summed E-state index contributed by atoms with van der Waals surface area (Å²) in [5.41, 5.74) is 1.76. The fourth-order valence-electron chi connectivity index (χ4n) is 7.01. The molecular formula is C35H24ClNO5. The van der Waals surface area contributed by atoms with Gasteiger partial charge in [0.1, 0.15) is 17.2 Å². The van der Waals surface area contributed by atoms with Crippen molar-refractivity contribution in [1.82, 2.24) is 0 Å². The van der Waals surface area contributed by atoms with E-state index < -0.39 is 29.4 Å². The minimum Gasteiger partial charge on any atom is -0.427 e. The Hall–Kier alpha value is -4.81. The van der Waals surface area contributed by atoms with Gasteiger partial charge in [-0.25, -0.2) is 0 Å². The van der Waals surface area contributed by atoms with Gasteiger partial charge in [-0.05, 0) is 53.6 Å². The first-order chi connectivity index (χ1) is 20.3. The third kappa shape index (κ3) is 3.65. The molecule has 7 rings (SSSR count). The van der Waals surface area contributed by atoms with Gasteiger partial charge in [-0.15, -0.1) is 0 Å². The van der Waals surface area contributed by atoms with E-state index in [9.17, 15) is 19.2 Å². The fraction of sp³-hybridized carbons (Fsp3) is 0.143. The molecule has 0 bridgehead atoms. The summed E-state index contributed by atoms with van der Waals surface area (Å²) in [7, 11) is 0. The number of ketones is 3. The molecule has 0 aromatic heterocycles. The molecule has 6 nitrogen and oxygen atoms in total. The first-order valence-electron chi connectivity index (χ1n) is 13.6. The molecule has 4 aromatic rings. The standard InChI is InChI=1S/C35H24ClNO5/c1-20(38)42-25-16-13-22(14-17-25)32(39)31-30(23-8-6-9-24(36)19-23)35(33(40)26-10-3-4-11-27(26)34(35)41)29-18-15-21-7-2-5-12-28(21)37(29)31/h2-19,29-31H,1H3/t29-,30-,31+/m0/s1. The van der Waals surface area contributed by atoms with E-state index in [1.807, 2.05) is 47.4 Å². The highest BCUT2D eigenvalue weighted by atomic mass is 35.5. The predicted molar refractivity (Wildman–Crippen MR) is 159 cm³/mol. The van der Waals surface area contributed by atoms with E-state index in [0.29, 0.717) is 33.0 Å². The van der Waals surface area contributed by atoms with Crippen LogP contribution in [-0.2, 0) is 4.79 Å². The molecule has 1 fully saturated rings. The van der Waals surface area contributed by atoms with Crippen molar-refractivity contribution >= 4 is 46.7 Å². The van der Waals surface area contributed by atoms with Crippen LogP contribution in [0.1, 0.15) is 55.0 Å². The molecule has 42 heavy (non-hydrogen) atoms. The number of para-hydroxylation sites is 1. The van der Waals surface area contributed by atoms with Crippen LogP contribution in [-0.4, -0.2) is 35.4 Å². The average Bonchev–Trinajstić information content (AvgIpc) is 3.43. The van der Waals surface area contributed by atoms with Gasteiger partial charge < -0.3 is 9.64 Å². The van der Waals surface area contributed by atoms with E-state index in [4.69, 9.17) is 16.3 Å². The van der Waals surface area contributed by atoms with Gasteiger partial charge in [-0.3, -0.25) is 19.2 Å². The van der Waals surface area contributed by atoms with Crippen molar-refractivity contribution < 1.29 is 23.9 Å². The van der Waals surface area contributed by atoms with Crippen LogP contribution in [0.25, 0.3) is 6.08 Å². The van der Waals surface area contributed by atoms with Crippen LogP contribution in [0.15, 0.2) is 103 Å². The Kier molecular flexibility index (Phi) is 5.99. The number of ether oxygens (including phenoxy) is 1. The van der Waals surface area contributed by atoms with Crippen LogP contribution in [0.4, 0.5) is 5.69 Å². The Balaban J connectivity index is 1.49. The Morgan fingerprint density at radius 2 is 1.50 bits per heavy atom. The van der Waals surface area contributed by atoms with Crippen molar-refractivity contribution in [2.24, 2.45) is 5.41 Å². The summed E-state index contributed by atoms with van der Waals surface area (Å²) in [6.07, 6.45) is 3.82. The van der Waals surface area contributed by atoms with Gasteiger partial charge in [0.2, 0.25) is 0 Å². The maximum absolute atomic E-state index is 14.7. The van der Waals surface area contributed by atoms with Crippen molar-refractivity contribution in [3.8, 4) is 5.75 Å². The second-order valence-electron chi connectivity index (χ2n) is 10.8. The minimum atomic E-state index is -1.60. The van der Waals surface area contributed by atoms with Crippen LogP contribution in [0.3, 0.4) is 0 Å². The van der Waals surface area contributed by atoms with E-state index in [-0.39, 0.29) is 17.3 Å². The van der Waals surface area contributed by atoms with Gasteiger partial charge in [0, 0.05) is 40.2 Å². The molecule has 3 aliphatic rings. The maximum Gasteiger partial charge on any atom is 0.308 e. The summed E-state index contributed by atoms with van der Waals surface area (Å²) >= 11 is 6.49. The highest BCUT2D eigenvalue weighted by molar-refractivity contribution is 6.33. The third-order valence-electron chi connectivity index (χ3n) is 8.59. The number of benzene rings is 4. The Bertz CT molecular complexity index is 1810. The number of rotatable bonds is 4. The lowest BCUT2D eigenvalue weighted by atomic mass is 9.64. The largest absolute Gasteiger partial charge is 0.427 e. The van der Waals surface area contributed by atoms with Crippen LogP contribution >= 0.6 is 11.6 Å². The molecule has 1 saturated heterocycles. The molecule has 0 radical (unpaired) electrons. The molecule has 1 spiro atoms.